The highest BCUT2D eigenvalue weighted by Gasteiger charge is 2.37. The predicted molar refractivity (Wildman–Crippen MR) is 81.4 cm³/mol. The molecule has 0 spiro atoms. The maximum absolute atomic E-state index is 11.7. The molecule has 0 aliphatic rings. The van der Waals surface area contributed by atoms with Crippen molar-refractivity contribution in [3.63, 3.8) is 0 Å². The number of carbonyl (C=O) groups excluding carboxylic acids is 1. The van der Waals surface area contributed by atoms with Crippen molar-refractivity contribution >= 4 is 33.5 Å². The van der Waals surface area contributed by atoms with Crippen LogP contribution in [0.4, 0.5) is 0 Å². The van der Waals surface area contributed by atoms with E-state index >= 15 is 0 Å². The Labute approximate surface area is 127 Å². The number of halogens is 2. The second-order valence-electron chi connectivity index (χ2n) is 4.81. The van der Waals surface area contributed by atoms with Crippen molar-refractivity contribution in [2.75, 3.05) is 7.11 Å². The molecule has 0 aliphatic heterocycles. The molecule has 3 nitrogen and oxygen atoms in total. The summed E-state index contributed by atoms with van der Waals surface area (Å²) in [4.78, 5) is 11.7. The third kappa shape index (κ3) is 3.71. The molecule has 2 unspecified atom stereocenters. The van der Waals surface area contributed by atoms with E-state index in [0.29, 0.717) is 5.02 Å². The van der Waals surface area contributed by atoms with Gasteiger partial charge in [0.1, 0.15) is 0 Å². The first-order valence-electron chi connectivity index (χ1n) is 6.13. The van der Waals surface area contributed by atoms with Gasteiger partial charge in [-0.05, 0) is 24.1 Å². The molecule has 0 bridgehead atoms. The molecule has 0 radical (unpaired) electrons. The lowest BCUT2D eigenvalue weighted by atomic mass is 9.72. The van der Waals surface area contributed by atoms with Crippen LogP contribution in [0, 0.1) is 0 Å². The van der Waals surface area contributed by atoms with Crippen molar-refractivity contribution in [2.24, 2.45) is 5.73 Å². The van der Waals surface area contributed by atoms with E-state index in [2.05, 4.69) is 15.9 Å². The van der Waals surface area contributed by atoms with E-state index in [1.54, 1.807) is 0 Å². The normalized spacial score (nSPS) is 15.7. The van der Waals surface area contributed by atoms with Gasteiger partial charge in [-0.3, -0.25) is 4.79 Å². The first kappa shape index (κ1) is 16.5. The number of hydrogen-bond donors (Lipinski definition) is 1. The van der Waals surface area contributed by atoms with Gasteiger partial charge in [0.05, 0.1) is 13.5 Å². The molecule has 2 atom stereocenters. The second-order valence-corrected chi connectivity index (χ2v) is 6.13. The number of benzene rings is 1. The Morgan fingerprint density at radius 1 is 1.58 bits per heavy atom. The monoisotopic (exact) mass is 347 g/mol. The zero-order chi connectivity index (χ0) is 14.6. The van der Waals surface area contributed by atoms with E-state index in [-0.39, 0.29) is 18.4 Å². The number of carbonyl (C=O) groups is 1. The highest BCUT2D eigenvalue weighted by Crippen LogP contribution is 2.37. The van der Waals surface area contributed by atoms with Gasteiger partial charge in [0.25, 0.3) is 0 Å². The van der Waals surface area contributed by atoms with E-state index in [1.165, 1.54) is 7.11 Å². The molecule has 19 heavy (non-hydrogen) atoms. The van der Waals surface area contributed by atoms with Gasteiger partial charge >= 0.3 is 5.97 Å². The zero-order valence-corrected chi connectivity index (χ0v) is 13.7. The summed E-state index contributed by atoms with van der Waals surface area (Å²) < 4.78 is 5.67. The number of rotatable bonds is 5. The second kappa shape index (κ2) is 6.73. The van der Waals surface area contributed by atoms with Crippen molar-refractivity contribution in [3.8, 4) is 0 Å². The summed E-state index contributed by atoms with van der Waals surface area (Å²) in [5.41, 5.74) is 6.55. The molecule has 0 aliphatic carbocycles. The number of nitrogens with two attached hydrogens (primary N) is 1. The van der Waals surface area contributed by atoms with Gasteiger partial charge < -0.3 is 10.5 Å². The molecule has 1 aromatic rings. The zero-order valence-electron chi connectivity index (χ0n) is 11.4. The van der Waals surface area contributed by atoms with Crippen molar-refractivity contribution in [1.29, 1.82) is 0 Å². The van der Waals surface area contributed by atoms with Crippen LogP contribution >= 0.6 is 27.5 Å². The molecule has 5 heteroatoms. The first-order valence-corrected chi connectivity index (χ1v) is 7.30. The van der Waals surface area contributed by atoms with Crippen molar-refractivity contribution in [3.05, 3.63) is 33.3 Å². The maximum atomic E-state index is 11.7. The number of hydrogen-bond acceptors (Lipinski definition) is 3. The van der Waals surface area contributed by atoms with Crippen LogP contribution in [0.3, 0.4) is 0 Å². The third-order valence-corrected chi connectivity index (χ3v) is 4.35. The Hall–Kier alpha value is -0.580. The number of ether oxygens (including phenoxy) is 1. The standard InChI is InChI=1S/C14H19BrClNO2/c1-4-12(17)14(2,8-13(18)19-3)10-6-5-9(15)7-11(10)16/h5-7,12H,4,8,17H2,1-3H3. The van der Waals surface area contributed by atoms with Gasteiger partial charge in [-0.2, -0.15) is 0 Å². The summed E-state index contributed by atoms with van der Waals surface area (Å²) in [5.74, 6) is -0.287. The van der Waals surface area contributed by atoms with Crippen LogP contribution in [0.2, 0.25) is 5.02 Å². The lowest BCUT2D eigenvalue weighted by molar-refractivity contribution is -0.142. The molecule has 0 amide bonds. The molecule has 106 valence electrons. The van der Waals surface area contributed by atoms with E-state index in [1.807, 2.05) is 32.0 Å². The lowest BCUT2D eigenvalue weighted by Crippen LogP contribution is -2.44. The van der Waals surface area contributed by atoms with E-state index < -0.39 is 5.41 Å². The van der Waals surface area contributed by atoms with Gasteiger partial charge in [0, 0.05) is 21.0 Å². The van der Waals surface area contributed by atoms with Crippen molar-refractivity contribution < 1.29 is 9.53 Å². The van der Waals surface area contributed by atoms with Crippen LogP contribution in [-0.2, 0) is 14.9 Å². The Balaban J connectivity index is 3.26. The fourth-order valence-electron chi connectivity index (χ4n) is 2.20. The quantitative estimate of drug-likeness (QED) is 0.826. The summed E-state index contributed by atoms with van der Waals surface area (Å²) in [6.45, 7) is 3.94. The highest BCUT2D eigenvalue weighted by atomic mass is 79.9. The van der Waals surface area contributed by atoms with Crippen LogP contribution in [-0.4, -0.2) is 19.1 Å². The van der Waals surface area contributed by atoms with Gasteiger partial charge in [-0.15, -0.1) is 0 Å². The lowest BCUT2D eigenvalue weighted by Gasteiger charge is -2.35. The smallest absolute Gasteiger partial charge is 0.306 e. The molecule has 0 heterocycles. The summed E-state index contributed by atoms with van der Waals surface area (Å²) in [6, 6.07) is 5.45. The van der Waals surface area contributed by atoms with Gasteiger partial charge in [-0.25, -0.2) is 0 Å². The minimum Gasteiger partial charge on any atom is -0.469 e. The minimum absolute atomic E-state index is 0.176. The fourth-order valence-corrected chi connectivity index (χ4v) is 3.09. The van der Waals surface area contributed by atoms with E-state index in [0.717, 1.165) is 16.5 Å². The Morgan fingerprint density at radius 2 is 2.21 bits per heavy atom. The van der Waals surface area contributed by atoms with Gasteiger partial charge in [-0.1, -0.05) is 47.4 Å². The van der Waals surface area contributed by atoms with E-state index in [4.69, 9.17) is 22.1 Å². The third-order valence-electron chi connectivity index (χ3n) is 3.54. The van der Waals surface area contributed by atoms with Crippen LogP contribution in [0.1, 0.15) is 32.3 Å². The Kier molecular flexibility index (Phi) is 5.83. The Morgan fingerprint density at radius 3 is 2.68 bits per heavy atom. The molecule has 0 saturated carbocycles. The molecule has 2 N–H and O–H groups in total. The number of methoxy groups -OCH3 is 1. The minimum atomic E-state index is -0.542. The molecule has 0 fully saturated rings. The average molecular weight is 349 g/mol. The van der Waals surface area contributed by atoms with Crippen molar-refractivity contribution in [2.45, 2.75) is 38.1 Å². The summed E-state index contributed by atoms with van der Waals surface area (Å²) >= 11 is 9.68. The molecule has 1 aromatic carbocycles. The molecule has 1 rings (SSSR count). The molecular formula is C14H19BrClNO2. The van der Waals surface area contributed by atoms with Crippen LogP contribution in [0.5, 0.6) is 0 Å². The largest absolute Gasteiger partial charge is 0.469 e. The topological polar surface area (TPSA) is 52.3 Å². The number of esters is 1. The molecule has 0 aromatic heterocycles. The highest BCUT2D eigenvalue weighted by molar-refractivity contribution is 9.10. The molecule has 0 saturated heterocycles. The summed E-state index contributed by atoms with van der Waals surface area (Å²) in [7, 11) is 1.38. The maximum Gasteiger partial charge on any atom is 0.306 e. The Bertz CT molecular complexity index is 467. The predicted octanol–water partition coefficient (Wildman–Crippen LogP) is 3.66. The van der Waals surface area contributed by atoms with Crippen LogP contribution in [0.25, 0.3) is 0 Å². The first-order chi connectivity index (χ1) is 8.85. The van der Waals surface area contributed by atoms with Crippen LogP contribution < -0.4 is 5.73 Å². The van der Waals surface area contributed by atoms with E-state index in [9.17, 15) is 4.79 Å². The SMILES string of the molecule is CCC(N)C(C)(CC(=O)OC)c1ccc(Br)cc1Cl. The van der Waals surface area contributed by atoms with Gasteiger partial charge in [0.2, 0.25) is 0 Å². The summed E-state index contributed by atoms with van der Waals surface area (Å²) in [5, 5.41) is 0.602. The average Bonchev–Trinajstić information content (AvgIpc) is 2.37. The van der Waals surface area contributed by atoms with Crippen molar-refractivity contribution in [1.82, 2.24) is 0 Å². The fraction of sp³-hybridized carbons (Fsp3) is 0.500. The van der Waals surface area contributed by atoms with Crippen LogP contribution in [0.15, 0.2) is 22.7 Å². The molecular weight excluding hydrogens is 330 g/mol. The summed E-state index contributed by atoms with van der Waals surface area (Å²) in [6.07, 6.45) is 0.958. The van der Waals surface area contributed by atoms with Gasteiger partial charge in [0.15, 0.2) is 0 Å².